The van der Waals surface area contributed by atoms with Crippen LogP contribution in [0.1, 0.15) is 29.3 Å². The molecule has 1 aliphatic heterocycles. The van der Waals surface area contributed by atoms with E-state index in [0.717, 1.165) is 56.6 Å². The first-order valence-electron chi connectivity index (χ1n) is 11.6. The smallest absolute Gasteiger partial charge is 0.226 e. The van der Waals surface area contributed by atoms with Crippen molar-refractivity contribution in [1.82, 2.24) is 20.5 Å². The first-order chi connectivity index (χ1) is 16.2. The summed E-state index contributed by atoms with van der Waals surface area (Å²) >= 11 is 0. The van der Waals surface area contributed by atoms with E-state index in [1.807, 2.05) is 12.1 Å². The number of rotatable bonds is 8. The number of nitrogens with zero attached hydrogens (tertiary/aromatic N) is 3. The van der Waals surface area contributed by atoms with Crippen LogP contribution >= 0.6 is 0 Å². The third-order valence-corrected chi connectivity index (χ3v) is 5.65. The first kappa shape index (κ1) is 23.0. The number of nitrogens with one attached hydrogen (secondary N) is 2. The Balaban J connectivity index is 1.38. The Hall–Kier alpha value is -3.16. The van der Waals surface area contributed by atoms with Crippen molar-refractivity contribution in [1.29, 1.82) is 0 Å². The molecule has 7 heteroatoms. The van der Waals surface area contributed by atoms with Gasteiger partial charge in [-0.1, -0.05) is 42.0 Å². The van der Waals surface area contributed by atoms with Gasteiger partial charge in [0.15, 0.2) is 5.96 Å². The highest BCUT2D eigenvalue weighted by Crippen LogP contribution is 2.19. The van der Waals surface area contributed by atoms with Gasteiger partial charge in [0.1, 0.15) is 6.26 Å². The SMILES string of the molecule is CCNC(=NCc1ccccc1CN1CCOCC1)NCc1coc(-c2ccc(C)cc2)n1. The van der Waals surface area contributed by atoms with E-state index < -0.39 is 0 Å². The minimum absolute atomic E-state index is 0.538. The zero-order valence-electron chi connectivity index (χ0n) is 19.5. The molecule has 1 aliphatic rings. The molecular formula is C26H33N5O2. The molecule has 0 unspecified atom stereocenters. The Labute approximate surface area is 195 Å². The number of hydrogen-bond donors (Lipinski definition) is 2. The summed E-state index contributed by atoms with van der Waals surface area (Å²) < 4.78 is 11.2. The Morgan fingerprint density at radius 3 is 2.55 bits per heavy atom. The van der Waals surface area contributed by atoms with Crippen molar-refractivity contribution in [3.05, 3.63) is 77.2 Å². The van der Waals surface area contributed by atoms with Gasteiger partial charge in [-0.25, -0.2) is 9.98 Å². The largest absolute Gasteiger partial charge is 0.444 e. The summed E-state index contributed by atoms with van der Waals surface area (Å²) in [5.41, 5.74) is 5.58. The maximum atomic E-state index is 5.68. The van der Waals surface area contributed by atoms with Crippen molar-refractivity contribution in [2.24, 2.45) is 4.99 Å². The molecule has 0 saturated carbocycles. The van der Waals surface area contributed by atoms with Crippen LogP contribution in [0.3, 0.4) is 0 Å². The van der Waals surface area contributed by atoms with Gasteiger partial charge in [-0.2, -0.15) is 0 Å². The van der Waals surface area contributed by atoms with Crippen LogP contribution in [0, 0.1) is 6.92 Å². The van der Waals surface area contributed by atoms with Crippen LogP contribution < -0.4 is 10.6 Å². The monoisotopic (exact) mass is 447 g/mol. The van der Waals surface area contributed by atoms with Crippen molar-refractivity contribution in [3.8, 4) is 11.5 Å². The van der Waals surface area contributed by atoms with Crippen LogP contribution in [0.4, 0.5) is 0 Å². The second-order valence-electron chi connectivity index (χ2n) is 8.22. The molecule has 0 atom stereocenters. The first-order valence-corrected chi connectivity index (χ1v) is 11.6. The van der Waals surface area contributed by atoms with Crippen molar-refractivity contribution in [2.75, 3.05) is 32.8 Å². The summed E-state index contributed by atoms with van der Waals surface area (Å²) in [7, 11) is 0. The van der Waals surface area contributed by atoms with E-state index in [9.17, 15) is 0 Å². The number of ether oxygens (including phenoxy) is 1. The molecule has 0 radical (unpaired) electrons. The molecule has 1 fully saturated rings. The van der Waals surface area contributed by atoms with E-state index in [-0.39, 0.29) is 0 Å². The third-order valence-electron chi connectivity index (χ3n) is 5.65. The zero-order chi connectivity index (χ0) is 22.9. The number of aryl methyl sites for hydroxylation is 1. The molecule has 1 saturated heterocycles. The van der Waals surface area contributed by atoms with Crippen molar-refractivity contribution >= 4 is 5.96 Å². The van der Waals surface area contributed by atoms with Crippen molar-refractivity contribution in [3.63, 3.8) is 0 Å². The molecule has 33 heavy (non-hydrogen) atoms. The highest BCUT2D eigenvalue weighted by Gasteiger charge is 2.13. The summed E-state index contributed by atoms with van der Waals surface area (Å²) in [6.45, 7) is 10.6. The summed E-state index contributed by atoms with van der Waals surface area (Å²) in [4.78, 5) is 11.9. The molecule has 174 valence electrons. The molecular weight excluding hydrogens is 414 g/mol. The quantitative estimate of drug-likeness (QED) is 0.405. The minimum Gasteiger partial charge on any atom is -0.444 e. The van der Waals surface area contributed by atoms with E-state index in [4.69, 9.17) is 14.1 Å². The lowest BCUT2D eigenvalue weighted by Crippen LogP contribution is -2.37. The molecule has 2 heterocycles. The van der Waals surface area contributed by atoms with Crippen LogP contribution in [-0.4, -0.2) is 48.7 Å². The van der Waals surface area contributed by atoms with Crippen LogP contribution in [0.15, 0.2) is 64.2 Å². The van der Waals surface area contributed by atoms with Gasteiger partial charge < -0.3 is 19.8 Å². The molecule has 7 nitrogen and oxygen atoms in total. The fourth-order valence-corrected chi connectivity index (χ4v) is 3.76. The molecule has 0 amide bonds. The van der Waals surface area contributed by atoms with Gasteiger partial charge in [0.05, 0.1) is 32.0 Å². The number of guanidine groups is 1. The minimum atomic E-state index is 0.538. The highest BCUT2D eigenvalue weighted by atomic mass is 16.5. The van der Waals surface area contributed by atoms with E-state index >= 15 is 0 Å². The third kappa shape index (κ3) is 6.66. The van der Waals surface area contributed by atoms with Crippen LogP contribution in [0.5, 0.6) is 0 Å². The standard InChI is InChI=1S/C26H33N5O2/c1-3-27-26(29-17-24-19-33-25(30-24)21-10-8-20(2)9-11-21)28-16-22-6-4-5-7-23(22)18-31-12-14-32-15-13-31/h4-11,19H,3,12-18H2,1-2H3,(H2,27,28,29). The lowest BCUT2D eigenvalue weighted by molar-refractivity contribution is 0.0341. The zero-order valence-corrected chi connectivity index (χ0v) is 19.5. The summed E-state index contributed by atoms with van der Waals surface area (Å²) in [5.74, 6) is 1.39. The van der Waals surface area contributed by atoms with E-state index in [1.54, 1.807) is 6.26 Å². The van der Waals surface area contributed by atoms with Gasteiger partial charge in [0, 0.05) is 31.7 Å². The van der Waals surface area contributed by atoms with E-state index in [1.165, 1.54) is 16.7 Å². The summed E-state index contributed by atoms with van der Waals surface area (Å²) in [6.07, 6.45) is 1.70. The average molecular weight is 448 g/mol. The number of aromatic nitrogens is 1. The van der Waals surface area contributed by atoms with Gasteiger partial charge in [-0.15, -0.1) is 0 Å². The lowest BCUT2D eigenvalue weighted by atomic mass is 10.1. The lowest BCUT2D eigenvalue weighted by Gasteiger charge is -2.27. The molecule has 0 aliphatic carbocycles. The number of morpholine rings is 1. The number of aliphatic imine (C=N–C) groups is 1. The summed E-state index contributed by atoms with van der Waals surface area (Å²) in [5, 5.41) is 6.69. The van der Waals surface area contributed by atoms with Crippen LogP contribution in [-0.2, 0) is 24.4 Å². The number of oxazole rings is 1. The van der Waals surface area contributed by atoms with Crippen LogP contribution in [0.25, 0.3) is 11.5 Å². The molecule has 3 aromatic rings. The van der Waals surface area contributed by atoms with Gasteiger partial charge in [0.2, 0.25) is 5.89 Å². The maximum absolute atomic E-state index is 5.68. The predicted octanol–water partition coefficient (Wildman–Crippen LogP) is 3.74. The molecule has 1 aromatic heterocycles. The van der Waals surface area contributed by atoms with Crippen LogP contribution in [0.2, 0.25) is 0 Å². The van der Waals surface area contributed by atoms with E-state index in [0.29, 0.717) is 19.0 Å². The van der Waals surface area contributed by atoms with Gasteiger partial charge >= 0.3 is 0 Å². The second kappa shape index (κ2) is 11.6. The fourth-order valence-electron chi connectivity index (χ4n) is 3.76. The summed E-state index contributed by atoms with van der Waals surface area (Å²) in [6, 6.07) is 16.7. The highest BCUT2D eigenvalue weighted by molar-refractivity contribution is 5.79. The molecule has 0 bridgehead atoms. The normalized spacial score (nSPS) is 14.9. The van der Waals surface area contributed by atoms with Crippen molar-refractivity contribution < 1.29 is 9.15 Å². The van der Waals surface area contributed by atoms with Gasteiger partial charge in [0.25, 0.3) is 0 Å². The molecule has 2 N–H and O–H groups in total. The topological polar surface area (TPSA) is 74.9 Å². The average Bonchev–Trinajstić information content (AvgIpc) is 3.32. The van der Waals surface area contributed by atoms with Gasteiger partial charge in [-0.3, -0.25) is 4.90 Å². The number of hydrogen-bond acceptors (Lipinski definition) is 5. The van der Waals surface area contributed by atoms with E-state index in [2.05, 4.69) is 70.8 Å². The Morgan fingerprint density at radius 1 is 1.03 bits per heavy atom. The maximum Gasteiger partial charge on any atom is 0.226 e. The second-order valence-corrected chi connectivity index (χ2v) is 8.22. The molecule has 2 aromatic carbocycles. The van der Waals surface area contributed by atoms with Crippen molar-refractivity contribution in [2.45, 2.75) is 33.5 Å². The van der Waals surface area contributed by atoms with Gasteiger partial charge in [-0.05, 0) is 37.1 Å². The Morgan fingerprint density at radius 2 is 1.79 bits per heavy atom. The Kier molecular flexibility index (Phi) is 8.11. The number of benzene rings is 2. The Bertz CT molecular complexity index is 1040. The fraction of sp³-hybridized carbons (Fsp3) is 0.385. The predicted molar refractivity (Wildman–Crippen MR) is 131 cm³/mol. The molecule has 0 spiro atoms. The molecule has 4 rings (SSSR count).